The van der Waals surface area contributed by atoms with E-state index in [4.69, 9.17) is 5.73 Å². The number of amides is 4. The molecular formula is C32H32N8O3. The van der Waals surface area contributed by atoms with Crippen LogP contribution in [0.3, 0.4) is 0 Å². The second kappa shape index (κ2) is 12.3. The highest BCUT2D eigenvalue weighted by Gasteiger charge is 2.30. The first-order valence-electron chi connectivity index (χ1n) is 14.2. The van der Waals surface area contributed by atoms with Gasteiger partial charge in [-0.3, -0.25) is 19.5 Å². The molecule has 218 valence electrons. The number of nitrogens with one attached hydrogen (secondary N) is 2. The lowest BCUT2D eigenvalue weighted by Gasteiger charge is -2.19. The van der Waals surface area contributed by atoms with Gasteiger partial charge in [0.1, 0.15) is 5.82 Å². The lowest BCUT2D eigenvalue weighted by atomic mass is 10.1. The van der Waals surface area contributed by atoms with Crippen LogP contribution >= 0.6 is 0 Å². The molecule has 0 saturated carbocycles. The van der Waals surface area contributed by atoms with E-state index in [1.54, 1.807) is 34.5 Å². The topological polar surface area (TPSA) is 137 Å². The third-order valence-corrected chi connectivity index (χ3v) is 7.52. The number of nitrogens with zero attached hydrogens (tertiary/aromatic N) is 5. The molecule has 0 radical (unpaired) electrons. The average molecular weight is 577 g/mol. The lowest BCUT2D eigenvalue weighted by molar-refractivity contribution is -0.117. The Hall–Kier alpha value is -5.29. The highest BCUT2D eigenvalue weighted by Crippen LogP contribution is 2.28. The van der Waals surface area contributed by atoms with Crippen molar-refractivity contribution in [3.8, 4) is 11.1 Å². The summed E-state index contributed by atoms with van der Waals surface area (Å²) in [5.41, 5.74) is 11.3. The third kappa shape index (κ3) is 6.31. The summed E-state index contributed by atoms with van der Waals surface area (Å²) in [5, 5.41) is 6.02. The molecule has 4 aromatic rings. The minimum Gasteiger partial charge on any atom is -0.339 e. The van der Waals surface area contributed by atoms with Crippen LogP contribution in [0.15, 0.2) is 85.3 Å². The van der Waals surface area contributed by atoms with E-state index >= 15 is 0 Å². The molecule has 0 unspecified atom stereocenters. The monoisotopic (exact) mass is 576 g/mol. The highest BCUT2D eigenvalue weighted by atomic mass is 16.2. The summed E-state index contributed by atoms with van der Waals surface area (Å²) in [6, 6.07) is 21.0. The Bertz CT molecular complexity index is 1640. The summed E-state index contributed by atoms with van der Waals surface area (Å²) in [6.45, 7) is 2.19. The fourth-order valence-electron chi connectivity index (χ4n) is 5.33. The Balaban J connectivity index is 1.08. The largest absolute Gasteiger partial charge is 0.339 e. The Morgan fingerprint density at radius 2 is 1.67 bits per heavy atom. The van der Waals surface area contributed by atoms with Crippen molar-refractivity contribution in [3.05, 3.63) is 90.9 Å². The molecule has 0 atom stereocenters. The first-order valence-corrected chi connectivity index (χ1v) is 14.2. The molecule has 0 aliphatic carbocycles. The molecule has 4 N–H and O–H groups in total. The molecule has 4 amide bonds. The molecular weight excluding hydrogens is 544 g/mol. The summed E-state index contributed by atoms with van der Waals surface area (Å²) in [4.78, 5) is 51.1. The first-order chi connectivity index (χ1) is 21.0. The van der Waals surface area contributed by atoms with Gasteiger partial charge in [-0.25, -0.2) is 9.78 Å². The number of rotatable bonds is 9. The minimum absolute atomic E-state index is 0.0919. The number of pyridine rings is 2. The number of anilines is 5. The lowest BCUT2D eigenvalue weighted by Crippen LogP contribution is -2.31. The first kappa shape index (κ1) is 27.9. The van der Waals surface area contributed by atoms with Crippen molar-refractivity contribution >= 4 is 46.4 Å². The molecule has 0 bridgehead atoms. The quantitative estimate of drug-likeness (QED) is 0.269. The molecule has 11 nitrogen and oxygen atoms in total. The number of hydrogen-bond donors (Lipinski definition) is 3. The molecule has 0 spiro atoms. The van der Waals surface area contributed by atoms with Gasteiger partial charge in [-0.2, -0.15) is 0 Å². The van der Waals surface area contributed by atoms with Crippen molar-refractivity contribution < 1.29 is 14.4 Å². The molecule has 2 aliphatic rings. The van der Waals surface area contributed by atoms with Gasteiger partial charge in [0, 0.05) is 55.7 Å². The van der Waals surface area contributed by atoms with Crippen LogP contribution in [-0.2, 0) is 16.1 Å². The van der Waals surface area contributed by atoms with E-state index in [1.807, 2.05) is 65.6 Å². The molecule has 11 heteroatoms. The van der Waals surface area contributed by atoms with Gasteiger partial charge in [-0.1, -0.05) is 24.3 Å². The Kier molecular flexibility index (Phi) is 7.96. The van der Waals surface area contributed by atoms with Crippen molar-refractivity contribution in [1.29, 1.82) is 0 Å². The summed E-state index contributed by atoms with van der Waals surface area (Å²) in [7, 11) is 0. The predicted molar refractivity (Wildman–Crippen MR) is 166 cm³/mol. The van der Waals surface area contributed by atoms with Crippen LogP contribution in [-0.4, -0.2) is 58.9 Å². The third-order valence-electron chi connectivity index (χ3n) is 7.52. The molecule has 2 saturated heterocycles. The molecule has 43 heavy (non-hydrogen) atoms. The predicted octanol–water partition coefficient (Wildman–Crippen LogP) is 4.35. The Morgan fingerprint density at radius 1 is 0.837 bits per heavy atom. The van der Waals surface area contributed by atoms with Crippen LogP contribution in [0.25, 0.3) is 11.1 Å². The number of hydrogen-bond acceptors (Lipinski definition) is 7. The van der Waals surface area contributed by atoms with Crippen LogP contribution in [0.5, 0.6) is 0 Å². The van der Waals surface area contributed by atoms with Gasteiger partial charge >= 0.3 is 6.03 Å². The Labute approximate surface area is 249 Å². The molecule has 2 aromatic carbocycles. The van der Waals surface area contributed by atoms with Crippen molar-refractivity contribution in [2.45, 2.75) is 19.4 Å². The normalized spacial score (nSPS) is 14.9. The molecule has 2 aromatic heterocycles. The van der Waals surface area contributed by atoms with E-state index in [0.717, 1.165) is 35.3 Å². The number of aromatic nitrogens is 2. The maximum atomic E-state index is 13.3. The van der Waals surface area contributed by atoms with Gasteiger partial charge in [-0.05, 0) is 60.0 Å². The zero-order valence-electron chi connectivity index (χ0n) is 23.6. The van der Waals surface area contributed by atoms with Gasteiger partial charge in [0.2, 0.25) is 11.8 Å². The Morgan fingerprint density at radius 3 is 2.42 bits per heavy atom. The van der Waals surface area contributed by atoms with Crippen LogP contribution < -0.4 is 26.2 Å². The van der Waals surface area contributed by atoms with E-state index in [2.05, 4.69) is 20.6 Å². The van der Waals surface area contributed by atoms with Gasteiger partial charge < -0.3 is 26.2 Å². The standard InChI is InChI=1S/C32H32N8O3/c33-17-30(41)37-25-4-1-3-22(15-25)21-38-13-14-40(32(38)43)28-16-26(19-34-20-28)36-29-11-8-24(18-35-29)23-6-9-27(10-7-23)39-12-2-5-31(39)42/h1,3-4,6-11,15-16,18-20H,2,5,12-14,17,21,33H2,(H,35,36)(H,37,41). The maximum absolute atomic E-state index is 13.3. The van der Waals surface area contributed by atoms with Crippen LogP contribution in [0.2, 0.25) is 0 Å². The average Bonchev–Trinajstić information content (AvgIpc) is 3.62. The number of carbonyl (C=O) groups is 3. The molecule has 6 rings (SSSR count). The van der Waals surface area contributed by atoms with Gasteiger partial charge in [-0.15, -0.1) is 0 Å². The summed E-state index contributed by atoms with van der Waals surface area (Å²) < 4.78 is 0. The van der Waals surface area contributed by atoms with Gasteiger partial charge in [0.15, 0.2) is 0 Å². The number of carbonyl (C=O) groups excluding carboxylic acids is 3. The number of urea groups is 1. The number of nitrogens with two attached hydrogens (primary N) is 1. The molecule has 2 fully saturated rings. The van der Waals surface area contributed by atoms with Crippen molar-refractivity contribution in [2.75, 3.05) is 46.6 Å². The fraction of sp³-hybridized carbons (Fsp3) is 0.219. The van der Waals surface area contributed by atoms with Crippen LogP contribution in [0, 0.1) is 0 Å². The van der Waals surface area contributed by atoms with E-state index < -0.39 is 0 Å². The summed E-state index contributed by atoms with van der Waals surface area (Å²) >= 11 is 0. The zero-order chi connectivity index (χ0) is 29.8. The smallest absolute Gasteiger partial charge is 0.324 e. The summed E-state index contributed by atoms with van der Waals surface area (Å²) in [6.07, 6.45) is 6.67. The zero-order valence-corrected chi connectivity index (χ0v) is 23.6. The van der Waals surface area contributed by atoms with Crippen LogP contribution in [0.1, 0.15) is 18.4 Å². The van der Waals surface area contributed by atoms with Crippen molar-refractivity contribution in [3.63, 3.8) is 0 Å². The second-order valence-corrected chi connectivity index (χ2v) is 10.5. The molecule has 2 aliphatic heterocycles. The fourth-order valence-corrected chi connectivity index (χ4v) is 5.33. The van der Waals surface area contributed by atoms with E-state index in [9.17, 15) is 14.4 Å². The molecule has 4 heterocycles. The van der Waals surface area contributed by atoms with Gasteiger partial charge in [0.25, 0.3) is 0 Å². The SMILES string of the molecule is NCC(=O)Nc1cccc(CN2CCN(c3cncc(Nc4ccc(-c5ccc(N6CCCC6=O)cc5)cn4)c3)C2=O)c1. The maximum Gasteiger partial charge on any atom is 0.324 e. The van der Waals surface area contributed by atoms with Crippen molar-refractivity contribution in [2.24, 2.45) is 5.73 Å². The van der Waals surface area contributed by atoms with E-state index in [-0.39, 0.29) is 24.4 Å². The van der Waals surface area contributed by atoms with Gasteiger partial charge in [0.05, 0.1) is 30.3 Å². The highest BCUT2D eigenvalue weighted by molar-refractivity contribution is 5.96. The number of benzene rings is 2. The van der Waals surface area contributed by atoms with E-state index in [1.165, 1.54) is 0 Å². The second-order valence-electron chi connectivity index (χ2n) is 10.5. The van der Waals surface area contributed by atoms with Crippen LogP contribution in [0.4, 0.5) is 33.4 Å². The van der Waals surface area contributed by atoms with E-state index in [0.29, 0.717) is 48.9 Å². The minimum atomic E-state index is -0.269. The summed E-state index contributed by atoms with van der Waals surface area (Å²) in [5.74, 6) is 0.556. The van der Waals surface area contributed by atoms with Crippen molar-refractivity contribution in [1.82, 2.24) is 14.9 Å².